The zero-order chi connectivity index (χ0) is 19.4. The van der Waals surface area contributed by atoms with Crippen molar-refractivity contribution in [1.29, 1.82) is 0 Å². The highest BCUT2D eigenvalue weighted by atomic mass is 35.5. The Morgan fingerprint density at radius 3 is 2.22 bits per heavy atom. The largest absolute Gasteiger partial charge is 0.496 e. The normalized spacial score (nSPS) is 11.0. The van der Waals surface area contributed by atoms with Crippen LogP contribution in [-0.2, 0) is 0 Å². The lowest BCUT2D eigenvalue weighted by atomic mass is 10.1. The predicted octanol–water partition coefficient (Wildman–Crippen LogP) is 4.93. The minimum absolute atomic E-state index is 0.356. The Labute approximate surface area is 166 Å². The van der Waals surface area contributed by atoms with Crippen molar-refractivity contribution < 1.29 is 14.3 Å². The maximum Gasteiger partial charge on any atom is 0.275 e. The van der Waals surface area contributed by atoms with Crippen LogP contribution in [0.2, 0.25) is 10.0 Å². The molecule has 0 aliphatic carbocycles. The molecule has 0 unspecified atom stereocenters. The Morgan fingerprint density at radius 1 is 1.00 bits per heavy atom. The lowest BCUT2D eigenvalue weighted by molar-refractivity contribution is 0.0952. The molecule has 3 aromatic rings. The van der Waals surface area contributed by atoms with Gasteiger partial charge in [0.05, 0.1) is 36.0 Å². The van der Waals surface area contributed by atoms with Gasteiger partial charge in [-0.3, -0.25) is 4.79 Å². The fourth-order valence-corrected chi connectivity index (χ4v) is 3.30. The third-order valence-corrected chi connectivity index (χ3v) is 4.48. The van der Waals surface area contributed by atoms with Crippen LogP contribution < -0.4 is 14.9 Å². The van der Waals surface area contributed by atoms with Crippen molar-refractivity contribution in [3.05, 3.63) is 69.7 Å². The van der Waals surface area contributed by atoms with E-state index in [0.717, 1.165) is 10.8 Å². The van der Waals surface area contributed by atoms with E-state index < -0.39 is 0 Å². The summed E-state index contributed by atoms with van der Waals surface area (Å²) in [4.78, 5) is 12.5. The highest BCUT2D eigenvalue weighted by Crippen LogP contribution is 2.33. The molecule has 0 atom stereocenters. The van der Waals surface area contributed by atoms with Gasteiger partial charge in [-0.25, -0.2) is 5.43 Å². The molecule has 0 bridgehead atoms. The van der Waals surface area contributed by atoms with E-state index in [0.29, 0.717) is 32.7 Å². The standard InChI is InChI=1S/C20H16Cl2N2O3/c1-26-18-10-14-6-4-3-5-13(14)9-15(18)20(25)24-23-11-12-7-16(21)19(27-2)17(22)8-12/h3-11H,1-2H3,(H,24,25)/b23-11-. The van der Waals surface area contributed by atoms with Gasteiger partial charge in [0.1, 0.15) is 5.75 Å². The van der Waals surface area contributed by atoms with E-state index >= 15 is 0 Å². The van der Waals surface area contributed by atoms with Crippen molar-refractivity contribution >= 4 is 46.1 Å². The molecule has 1 amide bonds. The molecule has 0 saturated heterocycles. The van der Waals surface area contributed by atoms with Crippen molar-refractivity contribution in [2.45, 2.75) is 0 Å². The summed E-state index contributed by atoms with van der Waals surface area (Å²) >= 11 is 12.2. The number of hydrogen-bond donors (Lipinski definition) is 1. The first-order chi connectivity index (χ1) is 13.0. The first kappa shape index (κ1) is 19.0. The van der Waals surface area contributed by atoms with E-state index in [-0.39, 0.29) is 5.91 Å². The van der Waals surface area contributed by atoms with Gasteiger partial charge in [-0.1, -0.05) is 47.5 Å². The summed E-state index contributed by atoms with van der Waals surface area (Å²) in [6.07, 6.45) is 1.45. The summed E-state index contributed by atoms with van der Waals surface area (Å²) < 4.78 is 10.4. The molecule has 0 aromatic heterocycles. The summed E-state index contributed by atoms with van der Waals surface area (Å²) in [5, 5.41) is 6.60. The number of fused-ring (bicyclic) bond motifs is 1. The summed E-state index contributed by atoms with van der Waals surface area (Å²) in [5.74, 6) is 0.469. The molecular formula is C20H16Cl2N2O3. The Hall–Kier alpha value is -2.76. The van der Waals surface area contributed by atoms with Crippen LogP contribution in [-0.4, -0.2) is 26.3 Å². The van der Waals surface area contributed by atoms with Gasteiger partial charge in [-0.15, -0.1) is 0 Å². The average molecular weight is 403 g/mol. The lowest BCUT2D eigenvalue weighted by Gasteiger charge is -2.09. The van der Waals surface area contributed by atoms with E-state index in [2.05, 4.69) is 10.5 Å². The monoisotopic (exact) mass is 402 g/mol. The van der Waals surface area contributed by atoms with Crippen LogP contribution in [0.5, 0.6) is 11.5 Å². The van der Waals surface area contributed by atoms with Crippen molar-refractivity contribution in [3.8, 4) is 11.5 Å². The van der Waals surface area contributed by atoms with Gasteiger partial charge in [-0.2, -0.15) is 5.10 Å². The second-order valence-electron chi connectivity index (χ2n) is 5.62. The Balaban J connectivity index is 1.82. The predicted molar refractivity (Wildman–Crippen MR) is 109 cm³/mol. The topological polar surface area (TPSA) is 59.9 Å². The molecule has 0 aliphatic rings. The molecule has 0 spiro atoms. The molecule has 7 heteroatoms. The molecule has 0 aliphatic heterocycles. The van der Waals surface area contributed by atoms with Gasteiger partial charge in [0.25, 0.3) is 5.91 Å². The minimum atomic E-state index is -0.389. The van der Waals surface area contributed by atoms with Crippen LogP contribution in [0.25, 0.3) is 10.8 Å². The van der Waals surface area contributed by atoms with Crippen LogP contribution in [0.4, 0.5) is 0 Å². The van der Waals surface area contributed by atoms with Gasteiger partial charge in [0, 0.05) is 0 Å². The first-order valence-electron chi connectivity index (χ1n) is 7.96. The lowest BCUT2D eigenvalue weighted by Crippen LogP contribution is -2.18. The number of ether oxygens (including phenoxy) is 2. The molecule has 0 radical (unpaired) electrons. The average Bonchev–Trinajstić information content (AvgIpc) is 2.66. The van der Waals surface area contributed by atoms with Crippen molar-refractivity contribution in [1.82, 2.24) is 5.43 Å². The fourth-order valence-electron chi connectivity index (χ4n) is 2.64. The Kier molecular flexibility index (Phi) is 5.84. The van der Waals surface area contributed by atoms with Crippen LogP contribution in [0.1, 0.15) is 15.9 Å². The highest BCUT2D eigenvalue weighted by molar-refractivity contribution is 6.37. The zero-order valence-corrected chi connectivity index (χ0v) is 16.1. The van der Waals surface area contributed by atoms with Crippen LogP contribution in [0.15, 0.2) is 53.6 Å². The van der Waals surface area contributed by atoms with Gasteiger partial charge < -0.3 is 9.47 Å². The number of halogens is 2. The number of carbonyl (C=O) groups excluding carboxylic acids is 1. The summed E-state index contributed by atoms with van der Waals surface area (Å²) in [5.41, 5.74) is 3.50. The number of carbonyl (C=O) groups is 1. The molecule has 3 rings (SSSR count). The molecular weight excluding hydrogens is 387 g/mol. The van der Waals surface area contributed by atoms with E-state index in [4.69, 9.17) is 32.7 Å². The first-order valence-corrected chi connectivity index (χ1v) is 8.72. The van der Waals surface area contributed by atoms with E-state index in [1.54, 1.807) is 18.2 Å². The van der Waals surface area contributed by atoms with Crippen molar-refractivity contribution in [3.63, 3.8) is 0 Å². The van der Waals surface area contributed by atoms with Crippen LogP contribution in [0, 0.1) is 0 Å². The number of hydrogen-bond acceptors (Lipinski definition) is 4. The van der Waals surface area contributed by atoms with Gasteiger partial charge >= 0.3 is 0 Å². The fraction of sp³-hybridized carbons (Fsp3) is 0.100. The zero-order valence-electron chi connectivity index (χ0n) is 14.6. The summed E-state index contributed by atoms with van der Waals surface area (Å²) in [6, 6.07) is 14.6. The number of rotatable bonds is 5. The molecule has 0 heterocycles. The summed E-state index contributed by atoms with van der Waals surface area (Å²) in [7, 11) is 3.00. The van der Waals surface area contributed by atoms with Gasteiger partial charge in [-0.05, 0) is 40.6 Å². The molecule has 0 saturated carbocycles. The highest BCUT2D eigenvalue weighted by Gasteiger charge is 2.13. The second-order valence-corrected chi connectivity index (χ2v) is 6.43. The number of nitrogens with zero attached hydrogens (tertiary/aromatic N) is 1. The number of nitrogens with one attached hydrogen (secondary N) is 1. The summed E-state index contributed by atoms with van der Waals surface area (Å²) in [6.45, 7) is 0. The number of amides is 1. The van der Waals surface area contributed by atoms with Crippen LogP contribution in [0.3, 0.4) is 0 Å². The quantitative estimate of drug-likeness (QED) is 0.486. The smallest absolute Gasteiger partial charge is 0.275 e. The maximum absolute atomic E-state index is 12.5. The molecule has 27 heavy (non-hydrogen) atoms. The molecule has 138 valence electrons. The molecule has 1 N–H and O–H groups in total. The van der Waals surface area contributed by atoms with Crippen molar-refractivity contribution in [2.75, 3.05) is 14.2 Å². The number of methoxy groups -OCH3 is 2. The minimum Gasteiger partial charge on any atom is -0.496 e. The second kappa shape index (κ2) is 8.29. The number of benzene rings is 3. The Morgan fingerprint density at radius 2 is 1.63 bits per heavy atom. The number of hydrazone groups is 1. The van der Waals surface area contributed by atoms with E-state index in [1.807, 2.05) is 30.3 Å². The van der Waals surface area contributed by atoms with Gasteiger partial charge in [0.15, 0.2) is 5.75 Å². The molecule has 0 fully saturated rings. The SMILES string of the molecule is COc1cc2ccccc2cc1C(=O)N/N=C\c1cc(Cl)c(OC)c(Cl)c1. The third-order valence-electron chi connectivity index (χ3n) is 3.92. The van der Waals surface area contributed by atoms with E-state index in [9.17, 15) is 4.79 Å². The third kappa shape index (κ3) is 4.15. The molecule has 3 aromatic carbocycles. The van der Waals surface area contributed by atoms with Gasteiger partial charge in [0.2, 0.25) is 0 Å². The maximum atomic E-state index is 12.5. The molecule has 5 nitrogen and oxygen atoms in total. The van der Waals surface area contributed by atoms with E-state index in [1.165, 1.54) is 20.4 Å². The van der Waals surface area contributed by atoms with Crippen molar-refractivity contribution in [2.24, 2.45) is 5.10 Å². The van der Waals surface area contributed by atoms with Crippen LogP contribution >= 0.6 is 23.2 Å². The Bertz CT molecular complexity index is 1010.